The van der Waals surface area contributed by atoms with E-state index in [1.807, 2.05) is 36.2 Å². The van der Waals surface area contributed by atoms with E-state index in [0.717, 1.165) is 24.3 Å². The standard InChI is InChI=1S/C10H16N2S/c1-13-7-5-9(11)8-10-4-2-3-6-12-10/h2-4,6,9H,5,7-8,11H2,1H3. The van der Waals surface area contributed by atoms with Gasteiger partial charge in [0.05, 0.1) is 0 Å². The van der Waals surface area contributed by atoms with E-state index in [4.69, 9.17) is 5.73 Å². The molecule has 0 fully saturated rings. The first-order valence-electron chi connectivity index (χ1n) is 4.47. The maximum atomic E-state index is 5.94. The SMILES string of the molecule is CSCCC(N)Cc1ccccn1. The summed E-state index contributed by atoms with van der Waals surface area (Å²) in [6, 6.07) is 6.21. The van der Waals surface area contributed by atoms with Gasteiger partial charge in [-0.1, -0.05) is 6.07 Å². The Kier molecular flexibility index (Phi) is 4.86. The number of rotatable bonds is 5. The van der Waals surface area contributed by atoms with E-state index in [-0.39, 0.29) is 6.04 Å². The fourth-order valence-electron chi connectivity index (χ4n) is 1.16. The molecule has 1 unspecified atom stereocenters. The van der Waals surface area contributed by atoms with Crippen molar-refractivity contribution in [1.82, 2.24) is 4.98 Å². The average Bonchev–Trinajstić information content (AvgIpc) is 2.16. The van der Waals surface area contributed by atoms with Crippen molar-refractivity contribution >= 4 is 11.8 Å². The van der Waals surface area contributed by atoms with E-state index in [1.165, 1.54) is 0 Å². The summed E-state index contributed by atoms with van der Waals surface area (Å²) in [5.74, 6) is 1.13. The highest BCUT2D eigenvalue weighted by atomic mass is 32.2. The zero-order valence-corrected chi connectivity index (χ0v) is 8.76. The maximum absolute atomic E-state index is 5.94. The average molecular weight is 196 g/mol. The molecule has 0 aromatic carbocycles. The summed E-state index contributed by atoms with van der Waals surface area (Å²) < 4.78 is 0. The second-order valence-electron chi connectivity index (χ2n) is 3.07. The molecule has 0 amide bonds. The highest BCUT2D eigenvalue weighted by Gasteiger charge is 2.03. The summed E-state index contributed by atoms with van der Waals surface area (Å²) in [5, 5.41) is 0. The minimum atomic E-state index is 0.252. The Morgan fingerprint density at radius 2 is 2.38 bits per heavy atom. The van der Waals surface area contributed by atoms with Crippen LogP contribution in [0.5, 0.6) is 0 Å². The lowest BCUT2D eigenvalue weighted by Gasteiger charge is -2.09. The number of aromatic nitrogens is 1. The van der Waals surface area contributed by atoms with E-state index < -0.39 is 0 Å². The first kappa shape index (κ1) is 10.5. The third-order valence-electron chi connectivity index (χ3n) is 1.89. The van der Waals surface area contributed by atoms with Crippen LogP contribution in [0.15, 0.2) is 24.4 Å². The molecular formula is C10H16N2S. The summed E-state index contributed by atoms with van der Waals surface area (Å²) in [4.78, 5) is 4.24. The quantitative estimate of drug-likeness (QED) is 0.779. The molecule has 2 nitrogen and oxygen atoms in total. The lowest BCUT2D eigenvalue weighted by Crippen LogP contribution is -2.23. The summed E-state index contributed by atoms with van der Waals surface area (Å²) in [5.41, 5.74) is 7.03. The molecule has 0 aliphatic carbocycles. The number of pyridine rings is 1. The van der Waals surface area contributed by atoms with Crippen LogP contribution in [0.25, 0.3) is 0 Å². The third-order valence-corrected chi connectivity index (χ3v) is 2.53. The van der Waals surface area contributed by atoms with Gasteiger partial charge in [-0.15, -0.1) is 0 Å². The van der Waals surface area contributed by atoms with E-state index in [0.29, 0.717) is 0 Å². The molecule has 1 rings (SSSR count). The number of nitrogens with two attached hydrogens (primary N) is 1. The van der Waals surface area contributed by atoms with Crippen LogP contribution in [0.3, 0.4) is 0 Å². The maximum Gasteiger partial charge on any atom is 0.0419 e. The molecule has 1 atom stereocenters. The Hall–Kier alpha value is -0.540. The second-order valence-corrected chi connectivity index (χ2v) is 4.05. The number of thioether (sulfide) groups is 1. The van der Waals surface area contributed by atoms with Gasteiger partial charge in [0.2, 0.25) is 0 Å². The fourth-order valence-corrected chi connectivity index (χ4v) is 1.70. The molecule has 0 spiro atoms. The Morgan fingerprint density at radius 3 is 3.00 bits per heavy atom. The van der Waals surface area contributed by atoms with Crippen LogP contribution in [-0.4, -0.2) is 23.0 Å². The first-order chi connectivity index (χ1) is 6.33. The lowest BCUT2D eigenvalue weighted by atomic mass is 10.1. The van der Waals surface area contributed by atoms with E-state index in [9.17, 15) is 0 Å². The van der Waals surface area contributed by atoms with Crippen LogP contribution in [-0.2, 0) is 6.42 Å². The lowest BCUT2D eigenvalue weighted by molar-refractivity contribution is 0.642. The largest absolute Gasteiger partial charge is 0.327 e. The molecule has 1 aromatic heterocycles. The van der Waals surface area contributed by atoms with Crippen molar-refractivity contribution < 1.29 is 0 Å². The van der Waals surface area contributed by atoms with Crippen LogP contribution >= 0.6 is 11.8 Å². The number of hydrogen-bond acceptors (Lipinski definition) is 3. The number of hydrogen-bond donors (Lipinski definition) is 1. The van der Waals surface area contributed by atoms with E-state index in [2.05, 4.69) is 11.2 Å². The molecule has 0 aliphatic rings. The predicted octanol–water partition coefficient (Wildman–Crippen LogP) is 1.70. The predicted molar refractivity (Wildman–Crippen MR) is 58.9 cm³/mol. The van der Waals surface area contributed by atoms with Crippen molar-refractivity contribution in [2.24, 2.45) is 5.73 Å². The van der Waals surface area contributed by atoms with Crippen LogP contribution in [0, 0.1) is 0 Å². The van der Waals surface area contributed by atoms with Crippen molar-refractivity contribution in [2.75, 3.05) is 12.0 Å². The van der Waals surface area contributed by atoms with Gasteiger partial charge in [-0.25, -0.2) is 0 Å². The van der Waals surface area contributed by atoms with Crippen LogP contribution in [0.2, 0.25) is 0 Å². The van der Waals surface area contributed by atoms with E-state index >= 15 is 0 Å². The van der Waals surface area contributed by atoms with Crippen molar-refractivity contribution in [2.45, 2.75) is 18.9 Å². The minimum Gasteiger partial charge on any atom is -0.327 e. The highest BCUT2D eigenvalue weighted by molar-refractivity contribution is 7.98. The van der Waals surface area contributed by atoms with E-state index in [1.54, 1.807) is 0 Å². The Labute approximate surface area is 83.9 Å². The van der Waals surface area contributed by atoms with Gasteiger partial charge >= 0.3 is 0 Å². The molecule has 3 heteroatoms. The van der Waals surface area contributed by atoms with Gasteiger partial charge < -0.3 is 5.73 Å². The topological polar surface area (TPSA) is 38.9 Å². The Balaban J connectivity index is 2.32. The second kappa shape index (κ2) is 6.00. The van der Waals surface area contributed by atoms with Gasteiger partial charge in [0.25, 0.3) is 0 Å². The summed E-state index contributed by atoms with van der Waals surface area (Å²) in [6.45, 7) is 0. The molecule has 1 heterocycles. The third kappa shape index (κ3) is 4.29. The molecule has 1 aromatic rings. The van der Waals surface area contributed by atoms with Gasteiger partial charge in [0, 0.05) is 24.4 Å². The zero-order chi connectivity index (χ0) is 9.52. The molecule has 0 saturated carbocycles. The normalized spacial score (nSPS) is 12.8. The Morgan fingerprint density at radius 1 is 1.54 bits per heavy atom. The molecule has 0 bridgehead atoms. The monoisotopic (exact) mass is 196 g/mol. The van der Waals surface area contributed by atoms with Crippen molar-refractivity contribution in [3.8, 4) is 0 Å². The fraction of sp³-hybridized carbons (Fsp3) is 0.500. The number of nitrogens with zero attached hydrogens (tertiary/aromatic N) is 1. The Bertz CT molecular complexity index is 226. The molecule has 72 valence electrons. The minimum absolute atomic E-state index is 0.252. The molecule has 0 saturated heterocycles. The van der Waals surface area contributed by atoms with Crippen LogP contribution in [0.1, 0.15) is 12.1 Å². The zero-order valence-electron chi connectivity index (χ0n) is 7.94. The molecule has 0 aliphatic heterocycles. The van der Waals surface area contributed by atoms with Gasteiger partial charge in [0.1, 0.15) is 0 Å². The van der Waals surface area contributed by atoms with Gasteiger partial charge in [-0.3, -0.25) is 4.98 Å². The molecule has 13 heavy (non-hydrogen) atoms. The van der Waals surface area contributed by atoms with Gasteiger partial charge in [0.15, 0.2) is 0 Å². The highest BCUT2D eigenvalue weighted by Crippen LogP contribution is 2.04. The summed E-state index contributed by atoms with van der Waals surface area (Å²) in [7, 11) is 0. The summed E-state index contributed by atoms with van der Waals surface area (Å²) >= 11 is 1.84. The summed E-state index contributed by atoms with van der Waals surface area (Å²) in [6.07, 6.45) is 5.88. The molecule has 2 N–H and O–H groups in total. The molecule has 0 radical (unpaired) electrons. The first-order valence-corrected chi connectivity index (χ1v) is 5.86. The van der Waals surface area contributed by atoms with Crippen molar-refractivity contribution in [3.05, 3.63) is 30.1 Å². The molecular weight excluding hydrogens is 180 g/mol. The van der Waals surface area contributed by atoms with Crippen LogP contribution < -0.4 is 5.73 Å². The van der Waals surface area contributed by atoms with Gasteiger partial charge in [-0.2, -0.15) is 11.8 Å². The van der Waals surface area contributed by atoms with Crippen LogP contribution in [0.4, 0.5) is 0 Å². The van der Waals surface area contributed by atoms with Crippen molar-refractivity contribution in [3.63, 3.8) is 0 Å². The van der Waals surface area contributed by atoms with Gasteiger partial charge in [-0.05, 0) is 30.6 Å². The smallest absolute Gasteiger partial charge is 0.0419 e. The van der Waals surface area contributed by atoms with Crippen molar-refractivity contribution in [1.29, 1.82) is 0 Å².